The van der Waals surface area contributed by atoms with E-state index in [2.05, 4.69) is 15.3 Å². The van der Waals surface area contributed by atoms with Crippen molar-refractivity contribution < 1.29 is 4.74 Å². The van der Waals surface area contributed by atoms with Gasteiger partial charge in [0.1, 0.15) is 11.6 Å². The second-order valence-electron chi connectivity index (χ2n) is 3.40. The molecule has 0 fully saturated rings. The van der Waals surface area contributed by atoms with Crippen LogP contribution in [0.5, 0.6) is 11.6 Å². The summed E-state index contributed by atoms with van der Waals surface area (Å²) in [6.45, 7) is 2.75. The minimum Gasteiger partial charge on any atom is -0.439 e. The number of rotatable bonds is 4. The molecule has 3 N–H and O–H groups in total. The van der Waals surface area contributed by atoms with Gasteiger partial charge in [0.25, 0.3) is 0 Å². The van der Waals surface area contributed by atoms with E-state index in [0.29, 0.717) is 17.4 Å². The molecule has 2 rings (SSSR count). The molecule has 0 bridgehead atoms. The van der Waals surface area contributed by atoms with Crippen molar-refractivity contribution in [3.8, 4) is 11.6 Å². The molecule has 0 radical (unpaired) electrons. The Bertz CT molecular complexity index is 487. The zero-order chi connectivity index (χ0) is 12.1. The number of para-hydroxylation sites is 1. The lowest BCUT2D eigenvalue weighted by molar-refractivity contribution is 0.463. The fourth-order valence-corrected chi connectivity index (χ4v) is 1.38. The van der Waals surface area contributed by atoms with Gasteiger partial charge in [-0.1, -0.05) is 18.2 Å². The van der Waals surface area contributed by atoms with E-state index in [1.165, 1.54) is 0 Å². The number of hydrogen-bond acceptors (Lipinski definition) is 5. The lowest BCUT2D eigenvalue weighted by Crippen LogP contribution is -2.04. The number of aromatic nitrogens is 2. The molecule has 5 heteroatoms. The van der Waals surface area contributed by atoms with E-state index >= 15 is 0 Å². The summed E-state index contributed by atoms with van der Waals surface area (Å²) in [6, 6.07) is 11.1. The standard InChI is InChI=1S/C12H14N4O/c1-2-14-10-8-11(16-12(13)15-10)17-9-6-4-3-5-7-9/h3-8H,2H2,1H3,(H3,13,14,15,16). The zero-order valence-electron chi connectivity index (χ0n) is 9.55. The van der Waals surface area contributed by atoms with E-state index in [4.69, 9.17) is 10.5 Å². The SMILES string of the molecule is CCNc1cc(Oc2ccccc2)nc(N)n1. The molecular weight excluding hydrogens is 216 g/mol. The molecule has 17 heavy (non-hydrogen) atoms. The largest absolute Gasteiger partial charge is 0.439 e. The van der Waals surface area contributed by atoms with Gasteiger partial charge in [0, 0.05) is 12.6 Å². The van der Waals surface area contributed by atoms with Crippen LogP contribution >= 0.6 is 0 Å². The first-order valence-corrected chi connectivity index (χ1v) is 5.39. The molecule has 0 atom stereocenters. The maximum Gasteiger partial charge on any atom is 0.226 e. The number of ether oxygens (including phenoxy) is 1. The number of nitrogen functional groups attached to an aromatic ring is 1. The van der Waals surface area contributed by atoms with Crippen molar-refractivity contribution in [3.05, 3.63) is 36.4 Å². The number of nitrogens with two attached hydrogens (primary N) is 1. The molecule has 0 spiro atoms. The second kappa shape index (κ2) is 5.16. The molecule has 1 heterocycles. The maximum atomic E-state index is 5.60. The molecular formula is C12H14N4O. The third-order valence-electron chi connectivity index (χ3n) is 2.04. The molecule has 1 aromatic carbocycles. The van der Waals surface area contributed by atoms with Crippen LogP contribution in [0, 0.1) is 0 Å². The maximum absolute atomic E-state index is 5.60. The summed E-state index contributed by atoms with van der Waals surface area (Å²) in [5, 5.41) is 3.06. The van der Waals surface area contributed by atoms with E-state index in [1.807, 2.05) is 37.3 Å². The Labute approximate surface area is 99.7 Å². The van der Waals surface area contributed by atoms with Crippen molar-refractivity contribution in [2.75, 3.05) is 17.6 Å². The summed E-state index contributed by atoms with van der Waals surface area (Å²) in [7, 11) is 0. The van der Waals surface area contributed by atoms with E-state index in [0.717, 1.165) is 6.54 Å². The van der Waals surface area contributed by atoms with Gasteiger partial charge in [0.05, 0.1) is 0 Å². The average molecular weight is 230 g/mol. The molecule has 0 aliphatic carbocycles. The third-order valence-corrected chi connectivity index (χ3v) is 2.04. The number of nitrogens with zero attached hydrogens (tertiary/aromatic N) is 2. The Morgan fingerprint density at radius 3 is 2.71 bits per heavy atom. The summed E-state index contributed by atoms with van der Waals surface area (Å²) < 4.78 is 5.58. The fourth-order valence-electron chi connectivity index (χ4n) is 1.38. The molecule has 0 saturated heterocycles. The van der Waals surface area contributed by atoms with Crippen LogP contribution in [0.3, 0.4) is 0 Å². The van der Waals surface area contributed by atoms with Crippen molar-refractivity contribution in [1.82, 2.24) is 9.97 Å². The average Bonchev–Trinajstić information content (AvgIpc) is 2.30. The first kappa shape index (κ1) is 11.2. The van der Waals surface area contributed by atoms with Gasteiger partial charge in [-0.3, -0.25) is 0 Å². The Hall–Kier alpha value is -2.30. The summed E-state index contributed by atoms with van der Waals surface area (Å²) >= 11 is 0. The highest BCUT2D eigenvalue weighted by molar-refractivity contribution is 5.43. The van der Waals surface area contributed by atoms with Gasteiger partial charge < -0.3 is 15.8 Å². The van der Waals surface area contributed by atoms with Crippen LogP contribution in [0.15, 0.2) is 36.4 Å². The minimum absolute atomic E-state index is 0.189. The van der Waals surface area contributed by atoms with Gasteiger partial charge in [-0.2, -0.15) is 9.97 Å². The molecule has 88 valence electrons. The molecule has 1 aromatic heterocycles. The van der Waals surface area contributed by atoms with Gasteiger partial charge >= 0.3 is 0 Å². The Morgan fingerprint density at radius 2 is 2.00 bits per heavy atom. The molecule has 0 amide bonds. The van der Waals surface area contributed by atoms with Crippen LogP contribution in [0.4, 0.5) is 11.8 Å². The van der Waals surface area contributed by atoms with Gasteiger partial charge in [-0.05, 0) is 19.1 Å². The van der Waals surface area contributed by atoms with Crippen LogP contribution in [0.25, 0.3) is 0 Å². The predicted octanol–water partition coefficient (Wildman–Crippen LogP) is 2.28. The van der Waals surface area contributed by atoms with Gasteiger partial charge in [-0.25, -0.2) is 0 Å². The van der Waals surface area contributed by atoms with E-state index in [9.17, 15) is 0 Å². The van der Waals surface area contributed by atoms with E-state index in [-0.39, 0.29) is 5.95 Å². The highest BCUT2D eigenvalue weighted by Crippen LogP contribution is 2.21. The Kier molecular flexibility index (Phi) is 3.40. The van der Waals surface area contributed by atoms with Crippen molar-refractivity contribution in [1.29, 1.82) is 0 Å². The van der Waals surface area contributed by atoms with Crippen LogP contribution in [0.2, 0.25) is 0 Å². The van der Waals surface area contributed by atoms with Crippen LogP contribution < -0.4 is 15.8 Å². The summed E-state index contributed by atoms with van der Waals surface area (Å²) in [4.78, 5) is 8.06. The van der Waals surface area contributed by atoms with Crippen LogP contribution in [-0.2, 0) is 0 Å². The number of nitrogens with one attached hydrogen (secondary N) is 1. The summed E-state index contributed by atoms with van der Waals surface area (Å²) in [5.74, 6) is 1.99. The van der Waals surface area contributed by atoms with Crippen LogP contribution in [-0.4, -0.2) is 16.5 Å². The first-order chi connectivity index (χ1) is 8.28. The Balaban J connectivity index is 2.21. The number of benzene rings is 1. The smallest absolute Gasteiger partial charge is 0.226 e. The summed E-state index contributed by atoms with van der Waals surface area (Å²) in [5.41, 5.74) is 5.60. The fraction of sp³-hybridized carbons (Fsp3) is 0.167. The highest BCUT2D eigenvalue weighted by atomic mass is 16.5. The van der Waals surface area contributed by atoms with Gasteiger partial charge in [0.2, 0.25) is 11.8 Å². The predicted molar refractivity (Wildman–Crippen MR) is 67.1 cm³/mol. The minimum atomic E-state index is 0.189. The molecule has 5 nitrogen and oxygen atoms in total. The highest BCUT2D eigenvalue weighted by Gasteiger charge is 2.03. The molecule has 2 aromatic rings. The number of hydrogen-bond donors (Lipinski definition) is 2. The van der Waals surface area contributed by atoms with Crippen LogP contribution in [0.1, 0.15) is 6.92 Å². The quantitative estimate of drug-likeness (QED) is 0.843. The van der Waals surface area contributed by atoms with E-state index < -0.39 is 0 Å². The van der Waals surface area contributed by atoms with Gasteiger partial charge in [0.15, 0.2) is 0 Å². The summed E-state index contributed by atoms with van der Waals surface area (Å²) in [6.07, 6.45) is 0. The molecule has 0 unspecified atom stereocenters. The zero-order valence-corrected chi connectivity index (χ0v) is 9.55. The van der Waals surface area contributed by atoms with Crippen molar-refractivity contribution in [2.45, 2.75) is 6.92 Å². The normalized spacial score (nSPS) is 9.94. The second-order valence-corrected chi connectivity index (χ2v) is 3.40. The lowest BCUT2D eigenvalue weighted by Gasteiger charge is -2.07. The molecule has 0 saturated carbocycles. The first-order valence-electron chi connectivity index (χ1n) is 5.39. The van der Waals surface area contributed by atoms with Crippen molar-refractivity contribution in [2.24, 2.45) is 0 Å². The van der Waals surface area contributed by atoms with Crippen molar-refractivity contribution >= 4 is 11.8 Å². The topological polar surface area (TPSA) is 73.1 Å². The molecule has 0 aliphatic rings. The third kappa shape index (κ3) is 3.07. The van der Waals surface area contributed by atoms with Gasteiger partial charge in [-0.15, -0.1) is 0 Å². The lowest BCUT2D eigenvalue weighted by atomic mass is 10.3. The van der Waals surface area contributed by atoms with E-state index in [1.54, 1.807) is 6.07 Å². The monoisotopic (exact) mass is 230 g/mol. The Morgan fingerprint density at radius 1 is 1.24 bits per heavy atom. The molecule has 0 aliphatic heterocycles. The van der Waals surface area contributed by atoms with Crippen molar-refractivity contribution in [3.63, 3.8) is 0 Å². The number of anilines is 2.